The van der Waals surface area contributed by atoms with Gasteiger partial charge < -0.3 is 4.74 Å². The van der Waals surface area contributed by atoms with E-state index in [4.69, 9.17) is 4.74 Å². The maximum atomic E-state index is 11.5. The minimum atomic E-state index is -0.488. The van der Waals surface area contributed by atoms with Gasteiger partial charge in [0.05, 0.1) is 6.61 Å². The molecule has 0 bridgehead atoms. The van der Waals surface area contributed by atoms with Gasteiger partial charge in [-0.2, -0.15) is 5.10 Å². The van der Waals surface area contributed by atoms with E-state index < -0.39 is 5.97 Å². The number of benzene rings is 1. The number of rotatable bonds is 4. The Balaban J connectivity index is 2.32. The lowest BCUT2D eigenvalue weighted by atomic mass is 10.2. The van der Waals surface area contributed by atoms with Crippen LogP contribution in [0.3, 0.4) is 0 Å². The normalized spacial score (nSPS) is 10.3. The zero-order valence-electron chi connectivity index (χ0n) is 10.1. The second kappa shape index (κ2) is 5.68. The molecule has 1 heterocycles. The number of hydrogen-bond acceptors (Lipinski definition) is 5. The molecule has 2 rings (SSSR count). The molecule has 0 fully saturated rings. The van der Waals surface area contributed by atoms with E-state index in [1.807, 2.05) is 30.5 Å². The molecule has 0 spiro atoms. The van der Waals surface area contributed by atoms with Crippen molar-refractivity contribution in [2.24, 2.45) is 0 Å². The number of ether oxygens (including phenoxy) is 1. The van der Waals surface area contributed by atoms with E-state index >= 15 is 0 Å². The monoisotopic (exact) mass is 263 g/mol. The van der Waals surface area contributed by atoms with Gasteiger partial charge in [0.1, 0.15) is 0 Å². The first-order chi connectivity index (χ1) is 8.76. The van der Waals surface area contributed by atoms with Crippen molar-refractivity contribution in [3.8, 4) is 11.4 Å². The molecule has 0 aliphatic rings. The summed E-state index contributed by atoms with van der Waals surface area (Å²) in [4.78, 5) is 16.7. The average molecular weight is 263 g/mol. The van der Waals surface area contributed by atoms with Crippen LogP contribution in [0.2, 0.25) is 0 Å². The fourth-order valence-electron chi connectivity index (χ4n) is 1.50. The van der Waals surface area contributed by atoms with Crippen LogP contribution in [0.15, 0.2) is 29.2 Å². The molecule has 0 unspecified atom stereocenters. The Labute approximate surface area is 109 Å². The highest BCUT2D eigenvalue weighted by Crippen LogP contribution is 2.27. The van der Waals surface area contributed by atoms with Crippen LogP contribution in [-0.2, 0) is 4.74 Å². The molecule has 1 aromatic carbocycles. The summed E-state index contributed by atoms with van der Waals surface area (Å²) in [5, 5.41) is 6.64. The van der Waals surface area contributed by atoms with Gasteiger partial charge in [-0.1, -0.05) is 12.1 Å². The summed E-state index contributed by atoms with van der Waals surface area (Å²) in [6.07, 6.45) is 1.98. The number of carbonyl (C=O) groups is 1. The number of esters is 1. The van der Waals surface area contributed by atoms with E-state index in [9.17, 15) is 4.79 Å². The molecular weight excluding hydrogens is 250 g/mol. The molecule has 6 heteroatoms. The van der Waals surface area contributed by atoms with Crippen LogP contribution in [0.25, 0.3) is 11.4 Å². The summed E-state index contributed by atoms with van der Waals surface area (Å²) in [5.41, 5.74) is 0.900. The number of carbonyl (C=O) groups excluding carboxylic acids is 1. The molecule has 1 N–H and O–H groups in total. The van der Waals surface area contributed by atoms with Crippen LogP contribution in [0, 0.1) is 0 Å². The second-order valence-corrected chi connectivity index (χ2v) is 4.28. The molecule has 94 valence electrons. The number of hydrogen-bond donors (Lipinski definition) is 1. The molecule has 0 amide bonds. The summed E-state index contributed by atoms with van der Waals surface area (Å²) in [6, 6.07) is 7.77. The molecule has 0 aliphatic carbocycles. The summed E-state index contributed by atoms with van der Waals surface area (Å²) in [6.45, 7) is 2.06. The van der Waals surface area contributed by atoms with Gasteiger partial charge in [0.15, 0.2) is 5.82 Å². The molecule has 0 radical (unpaired) electrons. The molecule has 1 aromatic heterocycles. The van der Waals surface area contributed by atoms with Crippen molar-refractivity contribution >= 4 is 17.7 Å². The van der Waals surface area contributed by atoms with Crippen molar-refractivity contribution in [3.63, 3.8) is 0 Å². The fraction of sp³-hybridized carbons (Fsp3) is 0.250. The van der Waals surface area contributed by atoms with E-state index in [1.54, 1.807) is 18.7 Å². The SMILES string of the molecule is CCOC(=O)c1nc(-c2ccccc2SC)n[nH]1. The molecular formula is C12H13N3O2S. The smallest absolute Gasteiger partial charge is 0.375 e. The van der Waals surface area contributed by atoms with Crippen LogP contribution in [0.1, 0.15) is 17.5 Å². The minimum absolute atomic E-state index is 0.128. The van der Waals surface area contributed by atoms with E-state index in [0.717, 1.165) is 10.5 Å². The van der Waals surface area contributed by atoms with E-state index in [1.165, 1.54) is 0 Å². The van der Waals surface area contributed by atoms with Gasteiger partial charge in [0.2, 0.25) is 5.82 Å². The number of nitrogens with one attached hydrogen (secondary N) is 1. The molecule has 18 heavy (non-hydrogen) atoms. The number of aromatic amines is 1. The van der Waals surface area contributed by atoms with Crippen molar-refractivity contribution in [1.82, 2.24) is 15.2 Å². The highest BCUT2D eigenvalue weighted by Gasteiger charge is 2.15. The third-order valence-electron chi connectivity index (χ3n) is 2.30. The maximum Gasteiger partial charge on any atom is 0.375 e. The maximum absolute atomic E-state index is 11.5. The van der Waals surface area contributed by atoms with Gasteiger partial charge in [0.25, 0.3) is 0 Å². The second-order valence-electron chi connectivity index (χ2n) is 3.43. The van der Waals surface area contributed by atoms with Gasteiger partial charge >= 0.3 is 5.97 Å². The van der Waals surface area contributed by atoms with E-state index in [0.29, 0.717) is 12.4 Å². The van der Waals surface area contributed by atoms with Crippen LogP contribution >= 0.6 is 11.8 Å². The first-order valence-corrected chi connectivity index (χ1v) is 6.71. The third kappa shape index (κ3) is 2.53. The quantitative estimate of drug-likeness (QED) is 0.677. The Hall–Kier alpha value is -1.82. The molecule has 0 saturated heterocycles. The molecule has 5 nitrogen and oxygen atoms in total. The number of thioether (sulfide) groups is 1. The van der Waals surface area contributed by atoms with E-state index in [2.05, 4.69) is 15.2 Å². The fourth-order valence-corrected chi connectivity index (χ4v) is 2.10. The van der Waals surface area contributed by atoms with Crippen molar-refractivity contribution in [3.05, 3.63) is 30.1 Å². The zero-order valence-corrected chi connectivity index (χ0v) is 11.0. The average Bonchev–Trinajstić information content (AvgIpc) is 2.88. The van der Waals surface area contributed by atoms with Gasteiger partial charge in [0, 0.05) is 10.5 Å². The van der Waals surface area contributed by atoms with Gasteiger partial charge in [-0.3, -0.25) is 5.10 Å². The Kier molecular flexibility index (Phi) is 3.99. The summed E-state index contributed by atoms with van der Waals surface area (Å²) < 4.78 is 4.86. The highest BCUT2D eigenvalue weighted by atomic mass is 32.2. The lowest BCUT2D eigenvalue weighted by Crippen LogP contribution is -2.06. The molecule has 0 saturated carbocycles. The Morgan fingerprint density at radius 2 is 2.22 bits per heavy atom. The Morgan fingerprint density at radius 3 is 2.94 bits per heavy atom. The van der Waals surface area contributed by atoms with Crippen molar-refractivity contribution in [2.45, 2.75) is 11.8 Å². The first-order valence-electron chi connectivity index (χ1n) is 5.49. The van der Waals surface area contributed by atoms with Crippen LogP contribution in [0.5, 0.6) is 0 Å². The first kappa shape index (κ1) is 12.6. The predicted molar refractivity (Wildman–Crippen MR) is 69.6 cm³/mol. The Bertz CT molecular complexity index is 554. The summed E-state index contributed by atoms with van der Waals surface area (Å²) >= 11 is 1.61. The minimum Gasteiger partial charge on any atom is -0.460 e. The lowest BCUT2D eigenvalue weighted by Gasteiger charge is -2.01. The largest absolute Gasteiger partial charge is 0.460 e. The highest BCUT2D eigenvalue weighted by molar-refractivity contribution is 7.98. The number of H-pyrrole nitrogens is 1. The van der Waals surface area contributed by atoms with Crippen molar-refractivity contribution in [2.75, 3.05) is 12.9 Å². The van der Waals surface area contributed by atoms with Gasteiger partial charge in [-0.05, 0) is 25.3 Å². The summed E-state index contributed by atoms with van der Waals surface area (Å²) in [7, 11) is 0. The van der Waals surface area contributed by atoms with Crippen LogP contribution < -0.4 is 0 Å². The van der Waals surface area contributed by atoms with Gasteiger partial charge in [-0.25, -0.2) is 9.78 Å². The molecule has 0 atom stereocenters. The topological polar surface area (TPSA) is 67.9 Å². The molecule has 2 aromatic rings. The Morgan fingerprint density at radius 1 is 1.44 bits per heavy atom. The van der Waals surface area contributed by atoms with Gasteiger partial charge in [-0.15, -0.1) is 11.8 Å². The predicted octanol–water partition coefficient (Wildman–Crippen LogP) is 2.37. The number of aromatic nitrogens is 3. The summed E-state index contributed by atoms with van der Waals surface area (Å²) in [5.74, 6) is 0.142. The number of nitrogens with zero attached hydrogens (tertiary/aromatic N) is 2. The standard InChI is InChI=1S/C12H13N3O2S/c1-3-17-12(16)11-13-10(14-15-11)8-6-4-5-7-9(8)18-2/h4-7H,3H2,1-2H3,(H,13,14,15). The van der Waals surface area contributed by atoms with Crippen LogP contribution in [0.4, 0.5) is 0 Å². The zero-order chi connectivity index (χ0) is 13.0. The lowest BCUT2D eigenvalue weighted by molar-refractivity contribution is 0.0512. The van der Waals surface area contributed by atoms with Crippen LogP contribution in [-0.4, -0.2) is 34.0 Å². The van der Waals surface area contributed by atoms with Crippen molar-refractivity contribution in [1.29, 1.82) is 0 Å². The van der Waals surface area contributed by atoms with E-state index in [-0.39, 0.29) is 5.82 Å². The van der Waals surface area contributed by atoms with Crippen molar-refractivity contribution < 1.29 is 9.53 Å². The molecule has 0 aliphatic heterocycles. The third-order valence-corrected chi connectivity index (χ3v) is 3.10.